The van der Waals surface area contributed by atoms with Crippen molar-refractivity contribution in [1.82, 2.24) is 5.32 Å². The number of allylic oxidation sites excluding steroid dienone is 1. The van der Waals surface area contributed by atoms with Crippen LogP contribution in [0.3, 0.4) is 0 Å². The zero-order valence-corrected chi connectivity index (χ0v) is 24.0. The molecule has 0 aliphatic carbocycles. The standard InChI is InChI=1S/C34H32BN2O2S/c1-33(2,38)34(3,4)39-35-24-19-26(31-25-17-11-12-18-29(25)40-30(31)20-24)28-21-27(22-13-7-5-8-14-22)36-32(37-28)23-15-9-6-10-16-23/h5-21,32,37-38H,1-4H3. The van der Waals surface area contributed by atoms with Gasteiger partial charge in [-0.05, 0) is 57.0 Å². The summed E-state index contributed by atoms with van der Waals surface area (Å²) in [6.07, 6.45) is 1.93. The molecule has 0 saturated carbocycles. The zero-order valence-electron chi connectivity index (χ0n) is 23.2. The second kappa shape index (κ2) is 10.4. The smallest absolute Gasteiger partial charge is 0.330 e. The van der Waals surface area contributed by atoms with Gasteiger partial charge in [0.1, 0.15) is 6.17 Å². The molecule has 0 fully saturated rings. The minimum Gasteiger partial charge on any atom is -0.427 e. The summed E-state index contributed by atoms with van der Waals surface area (Å²) >= 11 is 1.78. The second-order valence-electron chi connectivity index (χ2n) is 11.2. The topological polar surface area (TPSA) is 53.9 Å². The van der Waals surface area contributed by atoms with Crippen molar-refractivity contribution < 1.29 is 9.76 Å². The van der Waals surface area contributed by atoms with E-state index in [1.165, 1.54) is 20.2 Å². The van der Waals surface area contributed by atoms with Gasteiger partial charge >= 0.3 is 7.48 Å². The van der Waals surface area contributed by atoms with Crippen LogP contribution in [0, 0.1) is 0 Å². The van der Waals surface area contributed by atoms with Crippen molar-refractivity contribution in [1.29, 1.82) is 0 Å². The summed E-state index contributed by atoms with van der Waals surface area (Å²) in [7, 11) is 1.77. The lowest BCUT2D eigenvalue weighted by molar-refractivity contribution is -0.0893. The lowest BCUT2D eigenvalue weighted by Gasteiger charge is -2.37. The maximum Gasteiger partial charge on any atom is 0.330 e. The fraction of sp³-hybridized carbons (Fsp3) is 0.206. The molecule has 2 N–H and O–H groups in total. The molecule has 5 aromatic rings. The molecule has 2 heterocycles. The molecule has 6 heteroatoms. The molecule has 1 atom stereocenters. The number of thiophene rings is 1. The van der Waals surface area contributed by atoms with Gasteiger partial charge in [-0.15, -0.1) is 11.3 Å². The van der Waals surface area contributed by atoms with E-state index in [0.717, 1.165) is 33.6 Å². The number of benzene rings is 4. The Kier molecular flexibility index (Phi) is 6.87. The van der Waals surface area contributed by atoms with Crippen LogP contribution in [0.1, 0.15) is 50.6 Å². The van der Waals surface area contributed by atoms with E-state index in [1.807, 2.05) is 38.1 Å². The summed E-state index contributed by atoms with van der Waals surface area (Å²) in [6, 6.07) is 33.6. The maximum absolute atomic E-state index is 10.6. The van der Waals surface area contributed by atoms with Crippen molar-refractivity contribution >= 4 is 55.9 Å². The van der Waals surface area contributed by atoms with Gasteiger partial charge in [-0.25, -0.2) is 0 Å². The Bertz CT molecular complexity index is 1730. The number of nitrogens with one attached hydrogen (secondary N) is 1. The number of nitrogens with zero attached hydrogens (tertiary/aromatic N) is 1. The third-order valence-electron chi connectivity index (χ3n) is 7.78. The highest BCUT2D eigenvalue weighted by atomic mass is 32.1. The van der Waals surface area contributed by atoms with Gasteiger partial charge in [0.25, 0.3) is 0 Å². The Morgan fingerprint density at radius 1 is 0.850 bits per heavy atom. The molecular formula is C34H32BN2O2S. The summed E-state index contributed by atoms with van der Waals surface area (Å²) in [6.45, 7) is 7.35. The van der Waals surface area contributed by atoms with E-state index in [4.69, 9.17) is 9.65 Å². The molecule has 0 bridgehead atoms. The van der Waals surface area contributed by atoms with Gasteiger partial charge < -0.3 is 15.1 Å². The third kappa shape index (κ3) is 5.11. The Hall–Kier alpha value is -3.71. The first-order valence-electron chi connectivity index (χ1n) is 13.6. The average molecular weight is 544 g/mol. The fourth-order valence-electron chi connectivity index (χ4n) is 4.77. The van der Waals surface area contributed by atoms with E-state index < -0.39 is 11.2 Å². The first kappa shape index (κ1) is 26.5. The van der Waals surface area contributed by atoms with Crippen LogP contribution in [0.5, 0.6) is 0 Å². The highest BCUT2D eigenvalue weighted by Crippen LogP contribution is 2.39. The lowest BCUT2D eigenvalue weighted by atomic mass is 9.81. The van der Waals surface area contributed by atoms with E-state index >= 15 is 0 Å². The molecule has 1 unspecified atom stereocenters. The largest absolute Gasteiger partial charge is 0.427 e. The van der Waals surface area contributed by atoms with Crippen LogP contribution in [0.2, 0.25) is 0 Å². The molecule has 0 saturated heterocycles. The number of fused-ring (bicyclic) bond motifs is 3. The van der Waals surface area contributed by atoms with Crippen LogP contribution >= 0.6 is 11.3 Å². The Balaban J connectivity index is 1.51. The molecule has 40 heavy (non-hydrogen) atoms. The van der Waals surface area contributed by atoms with Crippen molar-refractivity contribution in [2.75, 3.05) is 0 Å². The summed E-state index contributed by atoms with van der Waals surface area (Å²) in [4.78, 5) is 5.12. The first-order valence-corrected chi connectivity index (χ1v) is 14.4. The zero-order chi connectivity index (χ0) is 27.9. The van der Waals surface area contributed by atoms with Gasteiger partial charge in [0.15, 0.2) is 0 Å². The van der Waals surface area contributed by atoms with Crippen LogP contribution in [0.4, 0.5) is 0 Å². The van der Waals surface area contributed by atoms with Gasteiger partial charge in [-0.3, -0.25) is 4.99 Å². The van der Waals surface area contributed by atoms with Crippen LogP contribution in [-0.4, -0.2) is 29.5 Å². The van der Waals surface area contributed by atoms with E-state index in [9.17, 15) is 5.11 Å². The molecule has 1 aliphatic rings. The van der Waals surface area contributed by atoms with Gasteiger partial charge in [-0.2, -0.15) is 0 Å². The number of hydrogen-bond acceptors (Lipinski definition) is 5. The highest BCUT2D eigenvalue weighted by molar-refractivity contribution is 7.26. The fourth-order valence-corrected chi connectivity index (χ4v) is 5.95. The molecule has 4 nitrogen and oxygen atoms in total. The number of rotatable bonds is 7. The van der Waals surface area contributed by atoms with Crippen molar-refractivity contribution in [3.63, 3.8) is 0 Å². The molecular weight excluding hydrogens is 511 g/mol. The quantitative estimate of drug-likeness (QED) is 0.218. The minimum atomic E-state index is -1.01. The molecule has 6 rings (SSSR count). The Labute approximate surface area is 240 Å². The van der Waals surface area contributed by atoms with Gasteiger partial charge in [-0.1, -0.05) is 90.4 Å². The molecule has 199 valence electrons. The number of hydrogen-bond donors (Lipinski definition) is 2. The SMILES string of the molecule is CC(C)(O)C(C)(C)O[B]c1cc(C2=CC(c3ccccc3)=NC(c3ccccc3)N2)c2c(c1)sc1ccccc12. The van der Waals surface area contributed by atoms with E-state index in [2.05, 4.69) is 84.2 Å². The molecule has 1 radical (unpaired) electrons. The van der Waals surface area contributed by atoms with Gasteiger partial charge in [0.05, 0.1) is 16.9 Å². The summed E-state index contributed by atoms with van der Waals surface area (Å²) in [5.74, 6) is 0. The normalized spacial score (nSPS) is 16.0. The molecule has 0 spiro atoms. The monoisotopic (exact) mass is 543 g/mol. The summed E-state index contributed by atoms with van der Waals surface area (Å²) in [5.41, 5.74) is 4.38. The van der Waals surface area contributed by atoms with Crippen LogP contribution in [-0.2, 0) is 4.65 Å². The maximum atomic E-state index is 10.6. The number of aliphatic hydroxyl groups is 1. The Morgan fingerprint density at radius 2 is 1.52 bits per heavy atom. The predicted octanol–water partition coefficient (Wildman–Crippen LogP) is 7.00. The molecule has 0 amide bonds. The van der Waals surface area contributed by atoms with E-state index in [1.54, 1.807) is 32.7 Å². The van der Waals surface area contributed by atoms with Gasteiger partial charge in [0.2, 0.25) is 0 Å². The average Bonchev–Trinajstić information content (AvgIpc) is 3.34. The van der Waals surface area contributed by atoms with Crippen molar-refractivity contribution in [3.05, 3.63) is 120 Å². The summed E-state index contributed by atoms with van der Waals surface area (Å²) in [5, 5.41) is 16.8. The Morgan fingerprint density at radius 3 is 2.25 bits per heavy atom. The van der Waals surface area contributed by atoms with Crippen molar-refractivity contribution in [3.8, 4) is 0 Å². The summed E-state index contributed by atoms with van der Waals surface area (Å²) < 4.78 is 8.61. The number of aliphatic imine (C=N–C) groups is 1. The first-order chi connectivity index (χ1) is 19.2. The predicted molar refractivity (Wildman–Crippen MR) is 169 cm³/mol. The van der Waals surface area contributed by atoms with Crippen molar-refractivity contribution in [2.45, 2.75) is 45.1 Å². The highest BCUT2D eigenvalue weighted by Gasteiger charge is 2.36. The van der Waals surface area contributed by atoms with Crippen molar-refractivity contribution in [2.24, 2.45) is 4.99 Å². The van der Waals surface area contributed by atoms with Gasteiger partial charge in [0, 0.05) is 31.4 Å². The minimum absolute atomic E-state index is 0.227. The van der Waals surface area contributed by atoms with Crippen LogP contribution < -0.4 is 10.8 Å². The van der Waals surface area contributed by atoms with Crippen LogP contribution in [0.15, 0.2) is 108 Å². The van der Waals surface area contributed by atoms with E-state index in [0.29, 0.717) is 0 Å². The molecule has 4 aromatic carbocycles. The molecule has 1 aromatic heterocycles. The lowest BCUT2D eigenvalue weighted by Crippen LogP contribution is -2.49. The third-order valence-corrected chi connectivity index (χ3v) is 8.90. The van der Waals surface area contributed by atoms with Crippen LogP contribution in [0.25, 0.3) is 25.9 Å². The molecule has 1 aliphatic heterocycles. The van der Waals surface area contributed by atoms with E-state index in [-0.39, 0.29) is 6.17 Å². The second-order valence-corrected chi connectivity index (χ2v) is 12.3.